The van der Waals surface area contributed by atoms with E-state index in [1.54, 1.807) is 31.2 Å². The average Bonchev–Trinajstić information content (AvgIpc) is 2.49. The summed E-state index contributed by atoms with van der Waals surface area (Å²) < 4.78 is 5.59. The first-order valence-corrected chi connectivity index (χ1v) is 7.68. The Labute approximate surface area is 136 Å². The Hall–Kier alpha value is -2.00. The van der Waals surface area contributed by atoms with Crippen LogP contribution in [0.5, 0.6) is 5.75 Å². The van der Waals surface area contributed by atoms with E-state index in [9.17, 15) is 4.79 Å². The van der Waals surface area contributed by atoms with E-state index in [0.717, 1.165) is 6.42 Å². The van der Waals surface area contributed by atoms with Gasteiger partial charge in [-0.3, -0.25) is 4.79 Å². The van der Waals surface area contributed by atoms with Gasteiger partial charge < -0.3 is 10.1 Å². The van der Waals surface area contributed by atoms with Gasteiger partial charge in [-0.2, -0.15) is 0 Å². The molecule has 4 heteroatoms. The Bertz CT molecular complexity index is 642. The van der Waals surface area contributed by atoms with Gasteiger partial charge in [0.1, 0.15) is 5.75 Å². The smallest absolute Gasteiger partial charge is 0.260 e. The SMILES string of the molecule is Cc1ccccc1CCNC(=O)C(C)Oc1cccc(Cl)c1. The molecule has 2 aromatic carbocycles. The minimum atomic E-state index is -0.560. The van der Waals surface area contributed by atoms with Crippen LogP contribution in [0.2, 0.25) is 5.02 Å². The van der Waals surface area contributed by atoms with Crippen molar-refractivity contribution in [3.8, 4) is 5.75 Å². The van der Waals surface area contributed by atoms with E-state index in [4.69, 9.17) is 16.3 Å². The summed E-state index contributed by atoms with van der Waals surface area (Å²) in [6.07, 6.45) is 0.248. The van der Waals surface area contributed by atoms with Crippen molar-refractivity contribution in [3.05, 3.63) is 64.7 Å². The Kier molecular flexibility index (Phi) is 5.84. The zero-order valence-corrected chi connectivity index (χ0v) is 13.6. The van der Waals surface area contributed by atoms with Crippen molar-refractivity contribution in [1.82, 2.24) is 5.32 Å². The highest BCUT2D eigenvalue weighted by atomic mass is 35.5. The number of rotatable bonds is 6. The number of benzene rings is 2. The fourth-order valence-electron chi connectivity index (χ4n) is 2.15. The number of halogens is 1. The van der Waals surface area contributed by atoms with Gasteiger partial charge in [0.25, 0.3) is 5.91 Å². The van der Waals surface area contributed by atoms with E-state index in [-0.39, 0.29) is 5.91 Å². The summed E-state index contributed by atoms with van der Waals surface area (Å²) in [6, 6.07) is 15.2. The molecule has 0 aliphatic carbocycles. The Morgan fingerprint density at radius 2 is 2.00 bits per heavy atom. The van der Waals surface area contributed by atoms with Gasteiger partial charge in [-0.05, 0) is 49.6 Å². The second-order valence-corrected chi connectivity index (χ2v) is 5.62. The largest absolute Gasteiger partial charge is 0.481 e. The molecule has 1 unspecified atom stereocenters. The van der Waals surface area contributed by atoms with Crippen LogP contribution in [0.4, 0.5) is 0 Å². The molecule has 2 rings (SSSR count). The van der Waals surface area contributed by atoms with Crippen LogP contribution in [0, 0.1) is 6.92 Å². The number of nitrogens with one attached hydrogen (secondary N) is 1. The molecule has 0 aliphatic rings. The summed E-state index contributed by atoms with van der Waals surface area (Å²) in [5, 5.41) is 3.48. The molecule has 1 atom stereocenters. The molecule has 0 spiro atoms. The standard InChI is InChI=1S/C18H20ClNO2/c1-13-6-3-4-7-15(13)10-11-20-18(21)14(2)22-17-9-5-8-16(19)12-17/h3-9,12,14H,10-11H2,1-2H3,(H,20,21). The molecule has 3 nitrogen and oxygen atoms in total. The van der Waals surface area contributed by atoms with Crippen LogP contribution >= 0.6 is 11.6 Å². The number of aryl methyl sites for hydroxylation is 1. The van der Waals surface area contributed by atoms with Gasteiger partial charge in [-0.25, -0.2) is 0 Å². The summed E-state index contributed by atoms with van der Waals surface area (Å²) in [5.41, 5.74) is 2.48. The number of hydrogen-bond acceptors (Lipinski definition) is 2. The normalized spacial score (nSPS) is 11.8. The maximum atomic E-state index is 12.0. The fourth-order valence-corrected chi connectivity index (χ4v) is 2.33. The number of amides is 1. The fraction of sp³-hybridized carbons (Fsp3) is 0.278. The molecule has 1 amide bonds. The Balaban J connectivity index is 1.80. The van der Waals surface area contributed by atoms with Crippen molar-refractivity contribution >= 4 is 17.5 Å². The van der Waals surface area contributed by atoms with Crippen molar-refractivity contribution in [2.24, 2.45) is 0 Å². The minimum Gasteiger partial charge on any atom is -0.481 e. The van der Waals surface area contributed by atoms with Gasteiger partial charge >= 0.3 is 0 Å². The van der Waals surface area contributed by atoms with E-state index in [0.29, 0.717) is 17.3 Å². The molecule has 0 aliphatic heterocycles. The maximum absolute atomic E-state index is 12.0. The van der Waals surface area contributed by atoms with Gasteiger partial charge in [0, 0.05) is 11.6 Å². The lowest BCUT2D eigenvalue weighted by molar-refractivity contribution is -0.127. The summed E-state index contributed by atoms with van der Waals surface area (Å²) in [5.74, 6) is 0.461. The summed E-state index contributed by atoms with van der Waals surface area (Å²) in [6.45, 7) is 4.39. The quantitative estimate of drug-likeness (QED) is 0.880. The van der Waals surface area contributed by atoms with Crippen LogP contribution in [-0.4, -0.2) is 18.6 Å². The maximum Gasteiger partial charge on any atom is 0.260 e. The van der Waals surface area contributed by atoms with Crippen molar-refractivity contribution in [2.45, 2.75) is 26.4 Å². The molecule has 0 fully saturated rings. The first-order valence-electron chi connectivity index (χ1n) is 7.30. The molecule has 1 N–H and O–H groups in total. The lowest BCUT2D eigenvalue weighted by atomic mass is 10.1. The molecular formula is C18H20ClNO2. The van der Waals surface area contributed by atoms with Crippen molar-refractivity contribution in [3.63, 3.8) is 0 Å². The molecule has 22 heavy (non-hydrogen) atoms. The van der Waals surface area contributed by atoms with Gasteiger partial charge in [0.2, 0.25) is 0 Å². The molecule has 2 aromatic rings. The monoisotopic (exact) mass is 317 g/mol. The van der Waals surface area contributed by atoms with Crippen LogP contribution in [0.1, 0.15) is 18.1 Å². The van der Waals surface area contributed by atoms with Crippen LogP contribution in [0.25, 0.3) is 0 Å². The first-order chi connectivity index (χ1) is 10.6. The minimum absolute atomic E-state index is 0.131. The second-order valence-electron chi connectivity index (χ2n) is 5.18. The van der Waals surface area contributed by atoms with E-state index >= 15 is 0 Å². The van der Waals surface area contributed by atoms with Crippen LogP contribution in [0.3, 0.4) is 0 Å². The Morgan fingerprint density at radius 1 is 1.23 bits per heavy atom. The molecule has 0 aromatic heterocycles. The highest BCUT2D eigenvalue weighted by Crippen LogP contribution is 2.18. The second kappa shape index (κ2) is 7.85. The van der Waals surface area contributed by atoms with E-state index < -0.39 is 6.10 Å². The van der Waals surface area contributed by atoms with Gasteiger partial charge in [-0.15, -0.1) is 0 Å². The number of hydrogen-bond donors (Lipinski definition) is 1. The third kappa shape index (κ3) is 4.78. The van der Waals surface area contributed by atoms with Crippen molar-refractivity contribution in [2.75, 3.05) is 6.54 Å². The average molecular weight is 318 g/mol. The van der Waals surface area contributed by atoms with E-state index in [2.05, 4.69) is 24.4 Å². The summed E-state index contributed by atoms with van der Waals surface area (Å²) in [7, 11) is 0. The molecule has 0 heterocycles. The molecule has 0 radical (unpaired) electrons. The van der Waals surface area contributed by atoms with Crippen LogP contribution in [-0.2, 0) is 11.2 Å². The predicted octanol–water partition coefficient (Wildman–Crippen LogP) is 3.77. The first kappa shape index (κ1) is 16.4. The molecular weight excluding hydrogens is 298 g/mol. The number of carbonyl (C=O) groups excluding carboxylic acids is 1. The highest BCUT2D eigenvalue weighted by Gasteiger charge is 2.14. The topological polar surface area (TPSA) is 38.3 Å². The highest BCUT2D eigenvalue weighted by molar-refractivity contribution is 6.30. The summed E-state index contributed by atoms with van der Waals surface area (Å²) in [4.78, 5) is 12.0. The number of ether oxygens (including phenoxy) is 1. The molecule has 0 saturated heterocycles. The Morgan fingerprint density at radius 3 is 2.73 bits per heavy atom. The van der Waals surface area contributed by atoms with Crippen LogP contribution in [0.15, 0.2) is 48.5 Å². The molecule has 0 bridgehead atoms. The molecule has 0 saturated carbocycles. The van der Waals surface area contributed by atoms with Crippen molar-refractivity contribution < 1.29 is 9.53 Å². The lowest BCUT2D eigenvalue weighted by Crippen LogP contribution is -2.37. The lowest BCUT2D eigenvalue weighted by Gasteiger charge is -2.15. The van der Waals surface area contributed by atoms with Crippen LogP contribution < -0.4 is 10.1 Å². The van der Waals surface area contributed by atoms with E-state index in [1.807, 2.05) is 12.1 Å². The van der Waals surface area contributed by atoms with Gasteiger partial charge in [0.05, 0.1) is 0 Å². The molecule has 116 valence electrons. The summed E-state index contributed by atoms with van der Waals surface area (Å²) >= 11 is 5.89. The third-order valence-electron chi connectivity index (χ3n) is 3.43. The van der Waals surface area contributed by atoms with Gasteiger partial charge in [0.15, 0.2) is 6.10 Å². The van der Waals surface area contributed by atoms with Gasteiger partial charge in [-0.1, -0.05) is 41.9 Å². The van der Waals surface area contributed by atoms with Crippen molar-refractivity contribution in [1.29, 1.82) is 0 Å². The number of carbonyl (C=O) groups is 1. The third-order valence-corrected chi connectivity index (χ3v) is 3.67. The predicted molar refractivity (Wildman–Crippen MR) is 89.4 cm³/mol. The van der Waals surface area contributed by atoms with E-state index in [1.165, 1.54) is 11.1 Å². The zero-order valence-electron chi connectivity index (χ0n) is 12.8. The zero-order chi connectivity index (χ0) is 15.9.